The molecule has 3 nitrogen and oxygen atoms in total. The van der Waals surface area contributed by atoms with Gasteiger partial charge in [0.05, 0.1) is 6.10 Å². The molecule has 1 aliphatic heterocycles. The Labute approximate surface area is 87.7 Å². The minimum absolute atomic E-state index is 0.222. The van der Waals surface area contributed by atoms with Gasteiger partial charge in [-0.25, -0.2) is 0 Å². The molecule has 0 bridgehead atoms. The number of hydrogen-bond donors (Lipinski definition) is 3. The molecular formula is C10H14N2OS. The fraction of sp³-hybridized carbons (Fsp3) is 0.400. The predicted octanol–water partition coefficient (Wildman–Crippen LogP) is 0.694. The fourth-order valence-corrected chi connectivity index (χ4v) is 2.65. The van der Waals surface area contributed by atoms with Gasteiger partial charge in [0.1, 0.15) is 0 Å². The van der Waals surface area contributed by atoms with Crippen LogP contribution >= 0.6 is 11.8 Å². The number of para-hydroxylation sites is 1. The van der Waals surface area contributed by atoms with Crippen molar-refractivity contribution >= 4 is 17.4 Å². The summed E-state index contributed by atoms with van der Waals surface area (Å²) < 4.78 is 0. The van der Waals surface area contributed by atoms with E-state index in [4.69, 9.17) is 5.73 Å². The molecule has 1 fully saturated rings. The summed E-state index contributed by atoms with van der Waals surface area (Å²) in [6.07, 6.45) is -0.264. The number of nitrogens with one attached hydrogen (secondary N) is 1. The molecule has 0 radical (unpaired) electrons. The van der Waals surface area contributed by atoms with Crippen LogP contribution in [-0.4, -0.2) is 29.5 Å². The van der Waals surface area contributed by atoms with E-state index in [9.17, 15) is 5.11 Å². The van der Waals surface area contributed by atoms with Crippen LogP contribution in [0.5, 0.6) is 0 Å². The summed E-state index contributed by atoms with van der Waals surface area (Å²) in [4.78, 5) is 1.06. The number of hydrogen-bond acceptors (Lipinski definition) is 4. The van der Waals surface area contributed by atoms with Gasteiger partial charge in [-0.15, -0.1) is 11.8 Å². The van der Waals surface area contributed by atoms with Crippen LogP contribution in [0.4, 0.5) is 5.69 Å². The zero-order valence-electron chi connectivity index (χ0n) is 7.81. The normalized spacial score (nSPS) is 26.6. The monoisotopic (exact) mass is 210 g/mol. The van der Waals surface area contributed by atoms with Crippen LogP contribution in [0.2, 0.25) is 0 Å². The smallest absolute Gasteiger partial charge is 0.0798 e. The lowest BCUT2D eigenvalue weighted by Crippen LogP contribution is -2.20. The maximum atomic E-state index is 9.62. The number of anilines is 1. The van der Waals surface area contributed by atoms with Crippen LogP contribution in [0.3, 0.4) is 0 Å². The molecule has 2 atom stereocenters. The number of aliphatic hydroxyl groups is 1. The van der Waals surface area contributed by atoms with E-state index < -0.39 is 0 Å². The first-order valence-electron chi connectivity index (χ1n) is 4.67. The Morgan fingerprint density at radius 2 is 2.14 bits per heavy atom. The zero-order chi connectivity index (χ0) is 9.97. The molecule has 0 aromatic heterocycles. The lowest BCUT2D eigenvalue weighted by atomic mass is 10.3. The molecule has 0 saturated carbocycles. The van der Waals surface area contributed by atoms with Gasteiger partial charge in [0, 0.05) is 28.9 Å². The van der Waals surface area contributed by atoms with Gasteiger partial charge in [0.2, 0.25) is 0 Å². The highest BCUT2D eigenvalue weighted by Gasteiger charge is 2.26. The van der Waals surface area contributed by atoms with E-state index in [1.165, 1.54) is 0 Å². The summed E-state index contributed by atoms with van der Waals surface area (Å²) in [7, 11) is 0. The number of benzene rings is 1. The van der Waals surface area contributed by atoms with Crippen LogP contribution in [-0.2, 0) is 0 Å². The van der Waals surface area contributed by atoms with E-state index >= 15 is 0 Å². The lowest BCUT2D eigenvalue weighted by molar-refractivity contribution is 0.201. The molecule has 0 aliphatic carbocycles. The molecule has 4 heteroatoms. The van der Waals surface area contributed by atoms with Crippen molar-refractivity contribution in [2.75, 3.05) is 18.8 Å². The lowest BCUT2D eigenvalue weighted by Gasteiger charge is -2.13. The highest BCUT2D eigenvalue weighted by atomic mass is 32.2. The first-order valence-corrected chi connectivity index (χ1v) is 5.55. The minimum atomic E-state index is -0.264. The Morgan fingerprint density at radius 3 is 2.79 bits per heavy atom. The highest BCUT2D eigenvalue weighted by molar-refractivity contribution is 8.00. The van der Waals surface area contributed by atoms with Crippen molar-refractivity contribution in [1.29, 1.82) is 0 Å². The molecule has 14 heavy (non-hydrogen) atoms. The molecule has 1 aliphatic rings. The fourth-order valence-electron chi connectivity index (χ4n) is 1.51. The van der Waals surface area contributed by atoms with Gasteiger partial charge in [0.25, 0.3) is 0 Å². The second-order valence-corrected chi connectivity index (χ2v) is 4.70. The Bertz CT molecular complexity index is 319. The average molecular weight is 210 g/mol. The number of rotatable bonds is 2. The SMILES string of the molecule is Nc1ccccc1SC1CNCC1O. The van der Waals surface area contributed by atoms with Crippen molar-refractivity contribution < 1.29 is 5.11 Å². The number of β-amino-alcohol motifs (C(OH)–C–C–N with tert-alkyl or cyclic N) is 1. The molecule has 4 N–H and O–H groups in total. The van der Waals surface area contributed by atoms with E-state index in [1.54, 1.807) is 11.8 Å². The standard InChI is InChI=1S/C10H14N2OS/c11-7-3-1-2-4-9(7)14-10-6-12-5-8(10)13/h1-4,8,10,12-13H,5-6,11H2. The van der Waals surface area contributed by atoms with Crippen molar-refractivity contribution in [2.24, 2.45) is 0 Å². The largest absolute Gasteiger partial charge is 0.398 e. The van der Waals surface area contributed by atoms with Gasteiger partial charge < -0.3 is 16.2 Å². The molecule has 1 aromatic rings. The number of thioether (sulfide) groups is 1. The zero-order valence-corrected chi connectivity index (χ0v) is 8.63. The quantitative estimate of drug-likeness (QED) is 0.629. The topological polar surface area (TPSA) is 58.3 Å². The van der Waals surface area contributed by atoms with Crippen molar-refractivity contribution in [3.05, 3.63) is 24.3 Å². The van der Waals surface area contributed by atoms with Crippen LogP contribution in [0.15, 0.2) is 29.2 Å². The Morgan fingerprint density at radius 1 is 1.36 bits per heavy atom. The van der Waals surface area contributed by atoms with Gasteiger partial charge in [-0.3, -0.25) is 0 Å². The molecule has 2 unspecified atom stereocenters. The summed E-state index contributed by atoms with van der Waals surface area (Å²) in [5.74, 6) is 0. The molecule has 1 saturated heterocycles. The molecule has 1 aromatic carbocycles. The van der Waals surface area contributed by atoms with E-state index in [-0.39, 0.29) is 11.4 Å². The molecule has 1 heterocycles. The van der Waals surface area contributed by atoms with E-state index in [1.807, 2.05) is 24.3 Å². The molecule has 2 rings (SSSR count). The minimum Gasteiger partial charge on any atom is -0.398 e. The maximum absolute atomic E-state index is 9.62. The summed E-state index contributed by atoms with van der Waals surface area (Å²) >= 11 is 1.65. The summed E-state index contributed by atoms with van der Waals surface area (Å²) in [6.45, 7) is 1.53. The first kappa shape index (κ1) is 9.83. The van der Waals surface area contributed by atoms with E-state index in [2.05, 4.69) is 5.32 Å². The van der Waals surface area contributed by atoms with Crippen LogP contribution in [0.1, 0.15) is 0 Å². The van der Waals surface area contributed by atoms with Gasteiger partial charge in [0.15, 0.2) is 0 Å². The third-order valence-corrected chi connectivity index (χ3v) is 3.73. The molecular weight excluding hydrogens is 196 g/mol. The second-order valence-electron chi connectivity index (χ2n) is 3.42. The van der Waals surface area contributed by atoms with Gasteiger partial charge in [-0.05, 0) is 12.1 Å². The van der Waals surface area contributed by atoms with Gasteiger partial charge >= 0.3 is 0 Å². The molecule has 0 amide bonds. The summed E-state index contributed by atoms with van der Waals surface area (Å²) in [5, 5.41) is 13.0. The maximum Gasteiger partial charge on any atom is 0.0798 e. The predicted molar refractivity (Wildman–Crippen MR) is 59.4 cm³/mol. The number of nitrogens with two attached hydrogens (primary N) is 1. The second kappa shape index (κ2) is 4.21. The summed E-state index contributed by atoms with van der Waals surface area (Å²) in [6, 6.07) is 7.76. The Kier molecular flexibility index (Phi) is 2.96. The third-order valence-electron chi connectivity index (χ3n) is 2.33. The Balaban J connectivity index is 2.07. The highest BCUT2D eigenvalue weighted by Crippen LogP contribution is 2.31. The Hall–Kier alpha value is -0.710. The molecule has 76 valence electrons. The van der Waals surface area contributed by atoms with Crippen molar-refractivity contribution in [3.63, 3.8) is 0 Å². The van der Waals surface area contributed by atoms with Crippen molar-refractivity contribution in [3.8, 4) is 0 Å². The van der Waals surface area contributed by atoms with E-state index in [0.717, 1.165) is 17.1 Å². The van der Waals surface area contributed by atoms with E-state index in [0.29, 0.717) is 6.54 Å². The van der Waals surface area contributed by atoms with Crippen molar-refractivity contribution in [2.45, 2.75) is 16.2 Å². The number of aliphatic hydroxyl groups excluding tert-OH is 1. The molecule has 0 spiro atoms. The van der Waals surface area contributed by atoms with Crippen LogP contribution in [0, 0.1) is 0 Å². The van der Waals surface area contributed by atoms with Crippen LogP contribution < -0.4 is 11.1 Å². The third kappa shape index (κ3) is 2.03. The number of nitrogen functional groups attached to an aromatic ring is 1. The summed E-state index contributed by atoms with van der Waals surface area (Å²) in [5.41, 5.74) is 6.61. The average Bonchev–Trinajstić information content (AvgIpc) is 2.56. The van der Waals surface area contributed by atoms with Gasteiger partial charge in [-0.2, -0.15) is 0 Å². The first-order chi connectivity index (χ1) is 6.77. The van der Waals surface area contributed by atoms with Crippen molar-refractivity contribution in [1.82, 2.24) is 5.32 Å². The van der Waals surface area contributed by atoms with Crippen LogP contribution in [0.25, 0.3) is 0 Å². The van der Waals surface area contributed by atoms with Gasteiger partial charge in [-0.1, -0.05) is 12.1 Å².